The van der Waals surface area contributed by atoms with E-state index >= 15 is 0 Å². The van der Waals surface area contributed by atoms with Crippen LogP contribution in [0.15, 0.2) is 30.6 Å². The lowest BCUT2D eigenvalue weighted by Crippen LogP contribution is -2.43. The maximum atomic E-state index is 11.2. The summed E-state index contributed by atoms with van der Waals surface area (Å²) >= 11 is 0. The number of piperidine rings is 1. The van der Waals surface area contributed by atoms with E-state index in [-0.39, 0.29) is 0 Å². The lowest BCUT2D eigenvalue weighted by atomic mass is 9.99. The van der Waals surface area contributed by atoms with E-state index in [1.807, 2.05) is 32.2 Å². The third kappa shape index (κ3) is 7.06. The molecule has 0 aliphatic carbocycles. The summed E-state index contributed by atoms with van der Waals surface area (Å²) in [6.45, 7) is 10.9. The Kier molecular flexibility index (Phi) is 8.46. The summed E-state index contributed by atoms with van der Waals surface area (Å²) in [5, 5.41) is 11.2. The molecule has 0 radical (unpaired) electrons. The summed E-state index contributed by atoms with van der Waals surface area (Å²) < 4.78 is 11.7. The van der Waals surface area contributed by atoms with Gasteiger partial charge in [-0.3, -0.25) is 9.80 Å². The van der Waals surface area contributed by atoms with Crippen molar-refractivity contribution in [2.24, 2.45) is 5.92 Å². The molecular formula is C27H41N5O3. The molecule has 192 valence electrons. The summed E-state index contributed by atoms with van der Waals surface area (Å²) in [5.41, 5.74) is 1.30. The monoisotopic (exact) mass is 483 g/mol. The van der Waals surface area contributed by atoms with E-state index in [1.165, 1.54) is 12.8 Å². The highest BCUT2D eigenvalue weighted by molar-refractivity contribution is 5.43. The van der Waals surface area contributed by atoms with Crippen LogP contribution in [0.3, 0.4) is 0 Å². The van der Waals surface area contributed by atoms with Crippen LogP contribution >= 0.6 is 0 Å². The fraction of sp³-hybridized carbons (Fsp3) is 0.630. The highest BCUT2D eigenvalue weighted by Crippen LogP contribution is 2.30. The molecule has 2 fully saturated rings. The van der Waals surface area contributed by atoms with Gasteiger partial charge in [0.15, 0.2) is 11.5 Å². The number of nitrogens with zero attached hydrogens (tertiary/aromatic N) is 5. The molecule has 1 aromatic heterocycles. The first kappa shape index (κ1) is 25.7. The number of ether oxygens (including phenoxy) is 2. The number of β-amino-alcohol motifs (C(OH)–C–C–N with tert-alkyl or cyclic N) is 1. The van der Waals surface area contributed by atoms with E-state index in [9.17, 15) is 5.11 Å². The van der Waals surface area contributed by atoms with E-state index in [2.05, 4.69) is 37.7 Å². The second-order valence-corrected chi connectivity index (χ2v) is 10.4. The smallest absolute Gasteiger partial charge is 0.161 e. The molecule has 0 bridgehead atoms. The molecule has 2 saturated heterocycles. The van der Waals surface area contributed by atoms with Gasteiger partial charge in [0.1, 0.15) is 18.8 Å². The van der Waals surface area contributed by atoms with Crippen molar-refractivity contribution >= 4 is 5.82 Å². The second-order valence-electron chi connectivity index (χ2n) is 10.4. The lowest BCUT2D eigenvalue weighted by molar-refractivity contribution is 0.0279. The van der Waals surface area contributed by atoms with Crippen molar-refractivity contribution in [3.8, 4) is 11.5 Å². The third-order valence-electron chi connectivity index (χ3n) is 7.23. The normalized spacial score (nSPS) is 21.6. The summed E-state index contributed by atoms with van der Waals surface area (Å²) in [7, 11) is 3.73. The number of anilines is 1. The molecule has 2 aromatic rings. The molecule has 1 aromatic carbocycles. The average Bonchev–Trinajstić information content (AvgIpc) is 3.22. The van der Waals surface area contributed by atoms with Crippen LogP contribution < -0.4 is 14.4 Å². The SMILES string of the molecule is COc1cc(CN(C)C[C@]2(O)CCN(c3cc(C)ncn3)C2)ccc1OCCN1CCC(C)CC1. The molecule has 0 saturated carbocycles. The van der Waals surface area contributed by atoms with Crippen molar-refractivity contribution in [2.45, 2.75) is 45.3 Å². The van der Waals surface area contributed by atoms with Gasteiger partial charge in [-0.1, -0.05) is 13.0 Å². The van der Waals surface area contributed by atoms with E-state index in [1.54, 1.807) is 13.4 Å². The Hall–Kier alpha value is -2.42. The maximum absolute atomic E-state index is 11.2. The zero-order chi connectivity index (χ0) is 24.8. The van der Waals surface area contributed by atoms with Gasteiger partial charge in [0.05, 0.1) is 12.7 Å². The van der Waals surface area contributed by atoms with Gasteiger partial charge in [0.25, 0.3) is 0 Å². The Balaban J connectivity index is 1.27. The van der Waals surface area contributed by atoms with Crippen molar-refractivity contribution in [1.82, 2.24) is 19.8 Å². The number of likely N-dealkylation sites (N-methyl/N-ethyl adjacent to an activating group) is 1. The fourth-order valence-corrected chi connectivity index (χ4v) is 5.16. The molecule has 35 heavy (non-hydrogen) atoms. The van der Waals surface area contributed by atoms with Crippen molar-refractivity contribution < 1.29 is 14.6 Å². The summed E-state index contributed by atoms with van der Waals surface area (Å²) in [6, 6.07) is 8.11. The first-order valence-corrected chi connectivity index (χ1v) is 12.8. The van der Waals surface area contributed by atoms with Crippen LogP contribution in [0.1, 0.15) is 37.4 Å². The number of methoxy groups -OCH3 is 1. The van der Waals surface area contributed by atoms with Crippen molar-refractivity contribution in [2.75, 3.05) is 64.9 Å². The number of rotatable bonds is 10. The fourth-order valence-electron chi connectivity index (χ4n) is 5.16. The highest BCUT2D eigenvalue weighted by atomic mass is 16.5. The van der Waals surface area contributed by atoms with Crippen molar-refractivity contribution in [3.05, 3.63) is 41.9 Å². The second kappa shape index (κ2) is 11.5. The largest absolute Gasteiger partial charge is 0.493 e. The van der Waals surface area contributed by atoms with Gasteiger partial charge in [-0.05, 0) is 69.9 Å². The standard InChI is InChI=1S/C27H41N5O3/c1-21-7-10-31(11-8-21)13-14-35-24-6-5-23(16-25(24)34-4)17-30(3)18-27(33)9-12-32(19-27)26-15-22(2)28-20-29-26/h5-6,15-16,20-21,33H,7-14,17-19H2,1-4H3/t27-/m1/s1. The van der Waals surface area contributed by atoms with Gasteiger partial charge in [0, 0.05) is 44.5 Å². The Bertz CT molecular complexity index is 966. The van der Waals surface area contributed by atoms with Crippen LogP contribution in [-0.2, 0) is 6.54 Å². The third-order valence-corrected chi connectivity index (χ3v) is 7.23. The first-order valence-electron chi connectivity index (χ1n) is 12.8. The van der Waals surface area contributed by atoms with Gasteiger partial charge in [-0.2, -0.15) is 0 Å². The quantitative estimate of drug-likeness (QED) is 0.553. The summed E-state index contributed by atoms with van der Waals surface area (Å²) in [5.74, 6) is 3.27. The van der Waals surface area contributed by atoms with Crippen LogP contribution in [0.25, 0.3) is 0 Å². The van der Waals surface area contributed by atoms with Gasteiger partial charge < -0.3 is 19.5 Å². The molecule has 0 amide bonds. The molecule has 1 atom stereocenters. The molecule has 1 N–H and O–H groups in total. The Morgan fingerprint density at radius 3 is 2.69 bits per heavy atom. The molecule has 8 heteroatoms. The number of aliphatic hydroxyl groups is 1. The molecule has 3 heterocycles. The molecule has 2 aliphatic heterocycles. The van der Waals surface area contributed by atoms with Crippen LogP contribution in [0.2, 0.25) is 0 Å². The zero-order valence-corrected chi connectivity index (χ0v) is 21.7. The highest BCUT2D eigenvalue weighted by Gasteiger charge is 2.37. The van der Waals surface area contributed by atoms with E-state index in [4.69, 9.17) is 9.47 Å². The Morgan fingerprint density at radius 2 is 1.94 bits per heavy atom. The van der Waals surface area contributed by atoms with Crippen LogP contribution in [-0.4, -0.2) is 90.5 Å². The van der Waals surface area contributed by atoms with Crippen molar-refractivity contribution in [3.63, 3.8) is 0 Å². The number of benzene rings is 1. The number of aryl methyl sites for hydroxylation is 1. The lowest BCUT2D eigenvalue weighted by Gasteiger charge is -2.30. The van der Waals surface area contributed by atoms with Crippen LogP contribution in [0.5, 0.6) is 11.5 Å². The van der Waals surface area contributed by atoms with Gasteiger partial charge in [-0.25, -0.2) is 9.97 Å². The Morgan fingerprint density at radius 1 is 1.14 bits per heavy atom. The number of likely N-dealkylation sites (tertiary alicyclic amines) is 1. The predicted molar refractivity (Wildman–Crippen MR) is 138 cm³/mol. The van der Waals surface area contributed by atoms with E-state index < -0.39 is 5.60 Å². The maximum Gasteiger partial charge on any atom is 0.161 e. The number of hydrogen-bond acceptors (Lipinski definition) is 8. The van der Waals surface area contributed by atoms with Crippen LogP contribution in [0, 0.1) is 12.8 Å². The molecular weight excluding hydrogens is 442 g/mol. The van der Waals surface area contributed by atoms with Crippen LogP contribution in [0.4, 0.5) is 5.82 Å². The van der Waals surface area contributed by atoms with E-state index in [0.717, 1.165) is 67.2 Å². The van der Waals surface area contributed by atoms with Gasteiger partial charge in [0.2, 0.25) is 0 Å². The number of hydrogen-bond donors (Lipinski definition) is 1. The molecule has 0 unspecified atom stereocenters. The zero-order valence-electron chi connectivity index (χ0n) is 21.7. The Labute approximate surface area is 209 Å². The first-order chi connectivity index (χ1) is 16.8. The molecule has 2 aliphatic rings. The minimum absolute atomic E-state index is 0.569. The minimum Gasteiger partial charge on any atom is -0.493 e. The molecule has 4 rings (SSSR count). The molecule has 8 nitrogen and oxygen atoms in total. The summed E-state index contributed by atoms with van der Waals surface area (Å²) in [4.78, 5) is 15.3. The minimum atomic E-state index is -0.771. The van der Waals surface area contributed by atoms with Gasteiger partial charge >= 0.3 is 0 Å². The average molecular weight is 484 g/mol. The number of aromatic nitrogens is 2. The topological polar surface area (TPSA) is 74.2 Å². The van der Waals surface area contributed by atoms with Crippen molar-refractivity contribution in [1.29, 1.82) is 0 Å². The van der Waals surface area contributed by atoms with E-state index in [0.29, 0.717) is 26.1 Å². The summed E-state index contributed by atoms with van der Waals surface area (Å²) in [6.07, 6.45) is 4.85. The predicted octanol–water partition coefficient (Wildman–Crippen LogP) is 2.98. The van der Waals surface area contributed by atoms with Gasteiger partial charge in [-0.15, -0.1) is 0 Å². The molecule has 0 spiro atoms.